The molecule has 0 spiro atoms. The zero-order valence-electron chi connectivity index (χ0n) is 14.7. The maximum Gasteiger partial charge on any atom is 0.336 e. The van der Waals surface area contributed by atoms with Gasteiger partial charge in [-0.2, -0.15) is 0 Å². The molecule has 1 heterocycles. The molecular weight excluding hydrogens is 344 g/mol. The number of aryl methyl sites for hydroxylation is 2. The van der Waals surface area contributed by atoms with Gasteiger partial charge in [0.1, 0.15) is 5.58 Å². The lowest BCUT2D eigenvalue weighted by Crippen LogP contribution is -2.29. The molecule has 0 aliphatic rings. The van der Waals surface area contributed by atoms with Crippen LogP contribution in [0.15, 0.2) is 63.8 Å². The zero-order valence-corrected chi connectivity index (χ0v) is 15.6. The van der Waals surface area contributed by atoms with Crippen LogP contribution in [-0.2, 0) is 6.42 Å². The van der Waals surface area contributed by atoms with Crippen LogP contribution in [0.3, 0.4) is 0 Å². The number of benzene rings is 2. The predicted molar refractivity (Wildman–Crippen MR) is 111 cm³/mol. The second kappa shape index (κ2) is 8.63. The Hall–Kier alpha value is -2.66. The lowest BCUT2D eigenvalue weighted by atomic mass is 10.1. The minimum atomic E-state index is -0.341. The number of thiocarbonyl (C=S) groups is 1. The van der Waals surface area contributed by atoms with E-state index in [4.69, 9.17) is 16.6 Å². The topological polar surface area (TPSA) is 54.3 Å². The Morgan fingerprint density at radius 2 is 1.88 bits per heavy atom. The van der Waals surface area contributed by atoms with Gasteiger partial charge < -0.3 is 15.1 Å². The van der Waals surface area contributed by atoms with Gasteiger partial charge in [-0.05, 0) is 61.7 Å². The van der Waals surface area contributed by atoms with Crippen molar-refractivity contribution in [3.8, 4) is 0 Å². The summed E-state index contributed by atoms with van der Waals surface area (Å²) in [5.41, 5.74) is 3.29. The molecule has 0 saturated carbocycles. The number of unbranched alkanes of at least 4 members (excludes halogenated alkanes) is 1. The zero-order chi connectivity index (χ0) is 18.4. The molecule has 134 valence electrons. The molecular formula is C21H22N2O2S. The van der Waals surface area contributed by atoms with Crippen LogP contribution < -0.4 is 16.3 Å². The van der Waals surface area contributed by atoms with Gasteiger partial charge in [0, 0.05) is 29.8 Å². The summed E-state index contributed by atoms with van der Waals surface area (Å²) in [5.74, 6) is 0. The highest BCUT2D eigenvalue weighted by molar-refractivity contribution is 7.80. The molecule has 1 aromatic heterocycles. The molecule has 0 aliphatic heterocycles. The standard InChI is InChI=1S/C21H22N2O2S/c1-15-13-20(24)25-19-14-17(10-11-18(15)19)23-21(26)22-12-6-5-9-16-7-3-2-4-8-16/h2-4,7-8,10-11,13-14H,5-6,9,12H2,1H3,(H2,22,23,26). The minimum Gasteiger partial charge on any atom is -0.423 e. The van der Waals surface area contributed by atoms with Gasteiger partial charge >= 0.3 is 5.63 Å². The predicted octanol–water partition coefficient (Wildman–Crippen LogP) is 4.41. The van der Waals surface area contributed by atoms with Crippen LogP contribution in [0.5, 0.6) is 0 Å². The molecule has 0 atom stereocenters. The van der Waals surface area contributed by atoms with Crippen LogP contribution in [-0.4, -0.2) is 11.7 Å². The fraction of sp³-hybridized carbons (Fsp3) is 0.238. The van der Waals surface area contributed by atoms with Crippen LogP contribution in [0, 0.1) is 6.92 Å². The average molecular weight is 366 g/mol. The number of hydrogen-bond acceptors (Lipinski definition) is 3. The van der Waals surface area contributed by atoms with Crippen molar-refractivity contribution in [3.05, 3.63) is 76.1 Å². The maximum atomic E-state index is 11.5. The van der Waals surface area contributed by atoms with Crippen molar-refractivity contribution in [3.63, 3.8) is 0 Å². The normalized spacial score (nSPS) is 10.7. The Labute approximate surface area is 158 Å². The Bertz CT molecular complexity index is 951. The second-order valence-electron chi connectivity index (χ2n) is 6.28. The Morgan fingerprint density at radius 1 is 1.08 bits per heavy atom. The van der Waals surface area contributed by atoms with Crippen molar-refractivity contribution in [2.24, 2.45) is 0 Å². The van der Waals surface area contributed by atoms with Gasteiger partial charge in [0.15, 0.2) is 5.11 Å². The van der Waals surface area contributed by atoms with E-state index in [2.05, 4.69) is 34.9 Å². The van der Waals surface area contributed by atoms with E-state index in [-0.39, 0.29) is 5.63 Å². The lowest BCUT2D eigenvalue weighted by molar-refractivity contribution is 0.560. The van der Waals surface area contributed by atoms with Gasteiger partial charge in [-0.15, -0.1) is 0 Å². The summed E-state index contributed by atoms with van der Waals surface area (Å²) in [7, 11) is 0. The highest BCUT2D eigenvalue weighted by atomic mass is 32.1. The average Bonchev–Trinajstić information content (AvgIpc) is 2.62. The number of rotatable bonds is 6. The fourth-order valence-corrected chi connectivity index (χ4v) is 3.10. The van der Waals surface area contributed by atoms with Crippen molar-refractivity contribution in [1.29, 1.82) is 0 Å². The maximum absolute atomic E-state index is 11.5. The summed E-state index contributed by atoms with van der Waals surface area (Å²) in [6.45, 7) is 2.72. The third-order valence-corrected chi connectivity index (χ3v) is 4.48. The molecule has 0 amide bonds. The monoisotopic (exact) mass is 366 g/mol. The van der Waals surface area contributed by atoms with E-state index < -0.39 is 0 Å². The summed E-state index contributed by atoms with van der Waals surface area (Å²) >= 11 is 5.34. The van der Waals surface area contributed by atoms with Crippen LogP contribution >= 0.6 is 12.2 Å². The molecule has 0 fully saturated rings. The fourth-order valence-electron chi connectivity index (χ4n) is 2.88. The molecule has 2 N–H and O–H groups in total. The van der Waals surface area contributed by atoms with Crippen molar-refractivity contribution < 1.29 is 4.42 Å². The summed E-state index contributed by atoms with van der Waals surface area (Å²) in [5, 5.41) is 7.85. The van der Waals surface area contributed by atoms with Gasteiger partial charge in [-0.25, -0.2) is 4.79 Å². The molecule has 2 aromatic carbocycles. The Kier molecular flexibility index (Phi) is 6.02. The van der Waals surface area contributed by atoms with Gasteiger partial charge in [-0.3, -0.25) is 0 Å². The molecule has 0 aliphatic carbocycles. The number of anilines is 1. The molecule has 5 heteroatoms. The first-order valence-electron chi connectivity index (χ1n) is 8.75. The first kappa shape index (κ1) is 18.1. The SMILES string of the molecule is Cc1cc(=O)oc2cc(NC(=S)NCCCCc3ccccc3)ccc12. The first-order chi connectivity index (χ1) is 12.6. The molecule has 0 saturated heterocycles. The molecule has 0 bridgehead atoms. The number of nitrogens with one attached hydrogen (secondary N) is 2. The van der Waals surface area contributed by atoms with Crippen LogP contribution in [0.25, 0.3) is 11.0 Å². The number of fused-ring (bicyclic) bond motifs is 1. The van der Waals surface area contributed by atoms with Crippen molar-refractivity contribution in [2.45, 2.75) is 26.2 Å². The largest absolute Gasteiger partial charge is 0.423 e. The first-order valence-corrected chi connectivity index (χ1v) is 9.16. The van der Waals surface area contributed by atoms with E-state index in [0.29, 0.717) is 10.7 Å². The molecule has 0 radical (unpaired) electrons. The van der Waals surface area contributed by atoms with Crippen LogP contribution in [0.1, 0.15) is 24.0 Å². The quantitative estimate of drug-likeness (QED) is 0.384. The summed E-state index contributed by atoms with van der Waals surface area (Å²) < 4.78 is 5.26. The van der Waals surface area contributed by atoms with Gasteiger partial charge in [0.05, 0.1) is 0 Å². The van der Waals surface area contributed by atoms with Crippen LogP contribution in [0.4, 0.5) is 5.69 Å². The van der Waals surface area contributed by atoms with E-state index in [1.807, 2.05) is 25.1 Å². The van der Waals surface area contributed by atoms with E-state index in [1.54, 1.807) is 6.07 Å². The second-order valence-corrected chi connectivity index (χ2v) is 6.69. The van der Waals surface area contributed by atoms with E-state index >= 15 is 0 Å². The summed E-state index contributed by atoms with van der Waals surface area (Å²) in [6.07, 6.45) is 3.23. The van der Waals surface area contributed by atoms with Crippen molar-refractivity contribution in [2.75, 3.05) is 11.9 Å². The van der Waals surface area contributed by atoms with E-state index in [0.717, 1.165) is 42.4 Å². The highest BCUT2D eigenvalue weighted by Crippen LogP contribution is 2.20. The van der Waals surface area contributed by atoms with Crippen LogP contribution in [0.2, 0.25) is 0 Å². The minimum absolute atomic E-state index is 0.341. The molecule has 26 heavy (non-hydrogen) atoms. The number of hydrogen-bond donors (Lipinski definition) is 2. The smallest absolute Gasteiger partial charge is 0.336 e. The van der Waals surface area contributed by atoms with Gasteiger partial charge in [-0.1, -0.05) is 30.3 Å². The molecule has 3 aromatic rings. The van der Waals surface area contributed by atoms with E-state index in [1.165, 1.54) is 11.6 Å². The molecule has 3 rings (SSSR count). The van der Waals surface area contributed by atoms with Gasteiger partial charge in [0.25, 0.3) is 0 Å². The van der Waals surface area contributed by atoms with E-state index in [9.17, 15) is 4.79 Å². The Balaban J connectivity index is 1.47. The van der Waals surface area contributed by atoms with Crippen molar-refractivity contribution >= 4 is 34.0 Å². The lowest BCUT2D eigenvalue weighted by Gasteiger charge is -2.11. The highest BCUT2D eigenvalue weighted by Gasteiger charge is 2.04. The Morgan fingerprint density at radius 3 is 2.69 bits per heavy atom. The summed E-state index contributed by atoms with van der Waals surface area (Å²) in [4.78, 5) is 11.5. The van der Waals surface area contributed by atoms with Crippen molar-refractivity contribution in [1.82, 2.24) is 5.32 Å². The summed E-state index contributed by atoms with van der Waals surface area (Å²) in [6, 6.07) is 17.6. The molecule has 0 unspecified atom stereocenters. The third kappa shape index (κ3) is 4.92. The molecule has 4 nitrogen and oxygen atoms in total. The third-order valence-electron chi connectivity index (χ3n) is 4.23. The van der Waals surface area contributed by atoms with Gasteiger partial charge in [0.2, 0.25) is 0 Å².